The van der Waals surface area contributed by atoms with Crippen molar-refractivity contribution in [2.24, 2.45) is 0 Å². The smallest absolute Gasteiger partial charge is 0.150 e. The fourth-order valence-corrected chi connectivity index (χ4v) is 7.12. The van der Waals surface area contributed by atoms with Gasteiger partial charge in [0.05, 0.1) is 15.7 Å². The maximum Gasteiger partial charge on any atom is 0.150 e. The van der Waals surface area contributed by atoms with Crippen LogP contribution in [0, 0.1) is 11.3 Å². The topological polar surface area (TPSA) is 105 Å². The molecule has 0 saturated heterocycles. The summed E-state index contributed by atoms with van der Waals surface area (Å²) in [5.74, 6) is 1.04. The van der Waals surface area contributed by atoms with E-state index in [4.69, 9.17) is 0 Å². The number of sulfone groups is 2. The fraction of sp³-hybridized carbons (Fsp3) is 0.667. The number of nitriles is 1. The van der Waals surface area contributed by atoms with E-state index < -0.39 is 19.7 Å². The molecule has 6 nitrogen and oxygen atoms in total. The minimum Gasteiger partial charge on any atom is -0.229 e. The molecule has 0 fully saturated rings. The van der Waals surface area contributed by atoms with Gasteiger partial charge in [-0.15, -0.1) is 23.5 Å². The fourth-order valence-electron chi connectivity index (χ4n) is 1.37. The number of nitrogens with zero attached hydrogens (tertiary/aromatic N) is 2. The molecule has 11 heteroatoms. The first-order valence-corrected chi connectivity index (χ1v) is 13.2. The first-order chi connectivity index (χ1) is 10.7. The third-order valence-electron chi connectivity index (χ3n) is 2.88. The summed E-state index contributed by atoms with van der Waals surface area (Å²) in [6.07, 6.45) is 0. The average molecular weight is 415 g/mol. The Morgan fingerprint density at radius 3 is 2.04 bits per heavy atom. The van der Waals surface area contributed by atoms with Crippen molar-refractivity contribution in [2.75, 3.05) is 34.5 Å². The van der Waals surface area contributed by atoms with Crippen molar-refractivity contribution in [1.82, 2.24) is 4.37 Å². The number of aromatic nitrogens is 1. The molecular formula is C12H18N2O4S5. The second-order valence-corrected chi connectivity index (χ2v) is 12.6. The van der Waals surface area contributed by atoms with Gasteiger partial charge in [0, 0.05) is 23.0 Å². The lowest BCUT2D eigenvalue weighted by Gasteiger charge is -2.01. The molecule has 130 valence electrons. The van der Waals surface area contributed by atoms with Gasteiger partial charge >= 0.3 is 0 Å². The van der Waals surface area contributed by atoms with E-state index in [1.54, 1.807) is 13.8 Å². The highest BCUT2D eigenvalue weighted by atomic mass is 32.2. The molecule has 0 amide bonds. The molecule has 0 unspecified atom stereocenters. The summed E-state index contributed by atoms with van der Waals surface area (Å²) in [5, 5.41) is 9.77. The largest absolute Gasteiger partial charge is 0.229 e. The zero-order valence-electron chi connectivity index (χ0n) is 12.8. The first kappa shape index (κ1) is 20.8. The van der Waals surface area contributed by atoms with Crippen LogP contribution in [-0.2, 0) is 19.7 Å². The van der Waals surface area contributed by atoms with Gasteiger partial charge in [0.15, 0.2) is 19.7 Å². The van der Waals surface area contributed by atoms with Crippen LogP contribution in [0.5, 0.6) is 0 Å². The Labute approximate surface area is 150 Å². The molecular weight excluding hydrogens is 396 g/mol. The number of hydrogen-bond acceptors (Lipinski definition) is 9. The Kier molecular flexibility index (Phi) is 8.37. The van der Waals surface area contributed by atoms with Gasteiger partial charge < -0.3 is 0 Å². The van der Waals surface area contributed by atoms with Crippen molar-refractivity contribution in [3.05, 3.63) is 5.56 Å². The summed E-state index contributed by atoms with van der Waals surface area (Å²) in [7, 11) is -6.06. The molecule has 0 bridgehead atoms. The van der Waals surface area contributed by atoms with Gasteiger partial charge in [0.25, 0.3) is 0 Å². The molecule has 1 heterocycles. The van der Waals surface area contributed by atoms with Crippen LogP contribution in [0.3, 0.4) is 0 Å². The second-order valence-electron chi connectivity index (χ2n) is 4.43. The van der Waals surface area contributed by atoms with Crippen molar-refractivity contribution >= 4 is 54.7 Å². The molecule has 0 spiro atoms. The van der Waals surface area contributed by atoms with Gasteiger partial charge in [0.1, 0.15) is 16.7 Å². The molecule has 1 rings (SSSR count). The molecule has 0 saturated carbocycles. The van der Waals surface area contributed by atoms with E-state index in [1.165, 1.54) is 23.5 Å². The summed E-state index contributed by atoms with van der Waals surface area (Å²) >= 11 is 3.69. The maximum absolute atomic E-state index is 11.5. The molecule has 0 radical (unpaired) electrons. The van der Waals surface area contributed by atoms with Gasteiger partial charge in [-0.05, 0) is 11.5 Å². The summed E-state index contributed by atoms with van der Waals surface area (Å²) in [6.45, 7) is 3.20. The van der Waals surface area contributed by atoms with Crippen molar-refractivity contribution in [2.45, 2.75) is 23.1 Å². The molecule has 0 aromatic carbocycles. The van der Waals surface area contributed by atoms with Crippen LogP contribution in [0.4, 0.5) is 0 Å². The zero-order valence-corrected chi connectivity index (χ0v) is 16.9. The van der Waals surface area contributed by atoms with Crippen LogP contribution in [0.1, 0.15) is 19.4 Å². The van der Waals surface area contributed by atoms with E-state index in [2.05, 4.69) is 10.4 Å². The van der Waals surface area contributed by atoms with E-state index >= 15 is 0 Å². The monoisotopic (exact) mass is 414 g/mol. The molecule has 0 aliphatic heterocycles. The van der Waals surface area contributed by atoms with Gasteiger partial charge in [-0.3, -0.25) is 0 Å². The standard InChI is InChI=1S/C12H18N2O4S5/c1-3-22(15,16)7-5-19-11-10(9-13)12(21-14-11)20-6-8-23(17,18)4-2/h3-8H2,1-2H3. The number of hydrogen-bond donors (Lipinski definition) is 0. The molecule has 1 aromatic heterocycles. The Hall–Kier alpha value is -0.280. The van der Waals surface area contributed by atoms with Crippen LogP contribution in [-0.4, -0.2) is 55.7 Å². The van der Waals surface area contributed by atoms with E-state index in [1.807, 2.05) is 0 Å². The molecule has 1 aromatic rings. The first-order valence-electron chi connectivity index (χ1n) is 6.81. The number of thioether (sulfide) groups is 2. The Bertz CT molecular complexity index is 704. The molecule has 0 aliphatic rings. The summed E-state index contributed by atoms with van der Waals surface area (Å²) < 4.78 is 50.7. The molecule has 23 heavy (non-hydrogen) atoms. The van der Waals surface area contributed by atoms with E-state index in [9.17, 15) is 22.1 Å². The highest BCUT2D eigenvalue weighted by Gasteiger charge is 2.17. The molecule has 0 atom stereocenters. The van der Waals surface area contributed by atoms with Crippen LogP contribution in [0.25, 0.3) is 0 Å². The van der Waals surface area contributed by atoms with Gasteiger partial charge in [0.2, 0.25) is 0 Å². The number of rotatable bonds is 10. The quantitative estimate of drug-likeness (QED) is 0.536. The van der Waals surface area contributed by atoms with Gasteiger partial charge in [-0.2, -0.15) is 9.64 Å². The van der Waals surface area contributed by atoms with Crippen molar-refractivity contribution in [3.63, 3.8) is 0 Å². The van der Waals surface area contributed by atoms with E-state index in [0.717, 1.165) is 11.5 Å². The summed E-state index contributed by atoms with van der Waals surface area (Å²) in [6, 6.07) is 2.07. The lowest BCUT2D eigenvalue weighted by Crippen LogP contribution is -2.10. The maximum atomic E-state index is 11.5. The second kappa shape index (κ2) is 9.27. The summed E-state index contributed by atoms with van der Waals surface area (Å²) in [5.41, 5.74) is 0.410. The Balaban J connectivity index is 2.65. The van der Waals surface area contributed by atoms with Gasteiger partial charge in [-0.1, -0.05) is 13.8 Å². The van der Waals surface area contributed by atoms with Crippen molar-refractivity contribution < 1.29 is 16.8 Å². The summed E-state index contributed by atoms with van der Waals surface area (Å²) in [4.78, 5) is 0. The van der Waals surface area contributed by atoms with Crippen LogP contribution in [0.15, 0.2) is 9.24 Å². The third-order valence-corrected chi connectivity index (χ3v) is 10.00. The lowest BCUT2D eigenvalue weighted by atomic mass is 10.4. The van der Waals surface area contributed by atoms with E-state index in [0.29, 0.717) is 26.3 Å². The normalized spacial score (nSPS) is 12.2. The van der Waals surface area contributed by atoms with E-state index in [-0.39, 0.29) is 23.0 Å². The average Bonchev–Trinajstić information content (AvgIpc) is 2.89. The Morgan fingerprint density at radius 1 is 1.04 bits per heavy atom. The van der Waals surface area contributed by atoms with Crippen LogP contribution < -0.4 is 0 Å². The van der Waals surface area contributed by atoms with Crippen LogP contribution in [0.2, 0.25) is 0 Å². The zero-order chi connectivity index (χ0) is 17.5. The highest BCUT2D eigenvalue weighted by Crippen LogP contribution is 2.34. The Morgan fingerprint density at radius 2 is 1.57 bits per heavy atom. The third kappa shape index (κ3) is 7.01. The minimum absolute atomic E-state index is 0.0494. The molecule has 0 N–H and O–H groups in total. The predicted molar refractivity (Wildman–Crippen MR) is 96.9 cm³/mol. The van der Waals surface area contributed by atoms with Crippen molar-refractivity contribution in [3.8, 4) is 6.07 Å². The lowest BCUT2D eigenvalue weighted by molar-refractivity contribution is 0.597. The highest BCUT2D eigenvalue weighted by molar-refractivity contribution is 8.02. The van der Waals surface area contributed by atoms with Crippen LogP contribution >= 0.6 is 35.1 Å². The van der Waals surface area contributed by atoms with Gasteiger partial charge in [-0.25, -0.2) is 16.8 Å². The SMILES string of the molecule is CCS(=O)(=O)CCSc1nsc(SCCS(=O)(=O)CC)c1C#N. The predicted octanol–water partition coefficient (Wildman–Crippen LogP) is 2.07. The van der Waals surface area contributed by atoms with Crippen molar-refractivity contribution in [1.29, 1.82) is 5.26 Å². The molecule has 0 aliphatic carbocycles. The minimum atomic E-state index is -3.04.